The third-order valence-electron chi connectivity index (χ3n) is 2.41. The lowest BCUT2D eigenvalue weighted by Gasteiger charge is -2.06. The van der Waals surface area contributed by atoms with Crippen molar-refractivity contribution in [2.24, 2.45) is 5.73 Å². The second kappa shape index (κ2) is 6.31. The second-order valence-electron chi connectivity index (χ2n) is 3.81. The third kappa shape index (κ3) is 3.31. The highest BCUT2D eigenvalue weighted by molar-refractivity contribution is 6.03. The molecule has 100 valence electrons. The van der Waals surface area contributed by atoms with Crippen molar-refractivity contribution in [3.63, 3.8) is 0 Å². The summed E-state index contributed by atoms with van der Waals surface area (Å²) in [5.74, 6) is 5.17. The fraction of sp³-hybridized carbons (Fsp3) is 0.0714. The Hall–Kier alpha value is -2.91. The van der Waals surface area contributed by atoms with Crippen LogP contribution < -0.4 is 16.6 Å². The number of nitrogens with one attached hydrogen (secondary N) is 2. The third-order valence-corrected chi connectivity index (χ3v) is 2.41. The van der Waals surface area contributed by atoms with E-state index >= 15 is 0 Å². The van der Waals surface area contributed by atoms with Gasteiger partial charge in [0.05, 0.1) is 12.2 Å². The van der Waals surface area contributed by atoms with E-state index < -0.39 is 5.91 Å². The Morgan fingerprint density at radius 1 is 1.30 bits per heavy atom. The van der Waals surface area contributed by atoms with Crippen LogP contribution in [-0.4, -0.2) is 22.6 Å². The Bertz CT molecular complexity index is 720. The van der Waals surface area contributed by atoms with E-state index in [9.17, 15) is 9.59 Å². The standard InChI is InChI=1S/C14H12N4O2/c15-9-3-5-10-4-1-2-6-11(10)16-14(20)12-7-8-13(19)18-17-12/h1-2,4,6-8H,9,15H2,(H,16,20)(H,18,19). The number of para-hydroxylation sites is 1. The number of hydrogen-bond acceptors (Lipinski definition) is 4. The van der Waals surface area contributed by atoms with Crippen LogP contribution in [-0.2, 0) is 0 Å². The van der Waals surface area contributed by atoms with Gasteiger partial charge in [0, 0.05) is 11.6 Å². The first-order chi connectivity index (χ1) is 9.70. The number of anilines is 1. The van der Waals surface area contributed by atoms with Crippen LogP contribution in [0.15, 0.2) is 41.2 Å². The van der Waals surface area contributed by atoms with Gasteiger partial charge in [-0.3, -0.25) is 9.59 Å². The quantitative estimate of drug-likeness (QED) is 0.683. The number of aromatic amines is 1. The van der Waals surface area contributed by atoms with Crippen LogP contribution in [0.1, 0.15) is 16.1 Å². The maximum atomic E-state index is 12.0. The molecule has 6 heteroatoms. The zero-order chi connectivity index (χ0) is 14.4. The highest BCUT2D eigenvalue weighted by Gasteiger charge is 2.09. The molecule has 0 aliphatic carbocycles. The molecule has 0 saturated carbocycles. The first-order valence-electron chi connectivity index (χ1n) is 5.86. The van der Waals surface area contributed by atoms with Crippen molar-refractivity contribution in [2.45, 2.75) is 0 Å². The lowest BCUT2D eigenvalue weighted by atomic mass is 10.1. The highest BCUT2D eigenvalue weighted by Crippen LogP contribution is 2.14. The zero-order valence-corrected chi connectivity index (χ0v) is 10.5. The van der Waals surface area contributed by atoms with Gasteiger partial charge in [-0.15, -0.1) is 0 Å². The summed E-state index contributed by atoms with van der Waals surface area (Å²) in [5.41, 5.74) is 6.30. The van der Waals surface area contributed by atoms with Crippen molar-refractivity contribution in [3.05, 3.63) is 58.0 Å². The number of nitrogens with zero attached hydrogens (tertiary/aromatic N) is 1. The molecule has 0 aliphatic heterocycles. The van der Waals surface area contributed by atoms with E-state index in [4.69, 9.17) is 5.73 Å². The van der Waals surface area contributed by atoms with E-state index in [0.717, 1.165) is 0 Å². The van der Waals surface area contributed by atoms with Gasteiger partial charge in [-0.1, -0.05) is 24.0 Å². The Morgan fingerprint density at radius 3 is 2.80 bits per heavy atom. The van der Waals surface area contributed by atoms with Crippen LogP contribution in [0.4, 0.5) is 5.69 Å². The number of carbonyl (C=O) groups is 1. The molecule has 0 saturated heterocycles. The SMILES string of the molecule is NCC#Cc1ccccc1NC(=O)c1ccc(=O)[nH]n1. The average molecular weight is 268 g/mol. The molecule has 0 fully saturated rings. The molecule has 0 atom stereocenters. The Morgan fingerprint density at radius 2 is 2.10 bits per heavy atom. The van der Waals surface area contributed by atoms with Gasteiger partial charge in [0.25, 0.3) is 11.5 Å². The number of aromatic nitrogens is 2. The van der Waals surface area contributed by atoms with Crippen molar-refractivity contribution in [2.75, 3.05) is 11.9 Å². The number of nitrogens with two attached hydrogens (primary N) is 1. The number of amides is 1. The number of rotatable bonds is 2. The first-order valence-corrected chi connectivity index (χ1v) is 5.86. The van der Waals surface area contributed by atoms with Gasteiger partial charge in [0.15, 0.2) is 0 Å². The van der Waals surface area contributed by atoms with Crippen molar-refractivity contribution in [1.29, 1.82) is 0 Å². The summed E-state index contributed by atoms with van der Waals surface area (Å²) in [6.07, 6.45) is 0. The number of benzene rings is 1. The average Bonchev–Trinajstić information content (AvgIpc) is 2.47. The fourth-order valence-electron chi connectivity index (χ4n) is 1.50. The van der Waals surface area contributed by atoms with E-state index in [1.54, 1.807) is 18.2 Å². The molecular weight excluding hydrogens is 256 g/mol. The number of carbonyl (C=O) groups excluding carboxylic acids is 1. The van der Waals surface area contributed by atoms with Crippen molar-refractivity contribution < 1.29 is 4.79 Å². The van der Waals surface area contributed by atoms with E-state index in [-0.39, 0.29) is 17.8 Å². The minimum atomic E-state index is -0.428. The molecule has 2 aromatic rings. The lowest BCUT2D eigenvalue weighted by molar-refractivity contribution is 0.102. The highest BCUT2D eigenvalue weighted by atomic mass is 16.2. The van der Waals surface area contributed by atoms with E-state index in [2.05, 4.69) is 27.4 Å². The molecule has 1 aromatic heterocycles. The van der Waals surface area contributed by atoms with E-state index in [1.165, 1.54) is 12.1 Å². The van der Waals surface area contributed by atoms with Crippen LogP contribution >= 0.6 is 0 Å². The maximum absolute atomic E-state index is 12.0. The van der Waals surface area contributed by atoms with E-state index in [1.807, 2.05) is 6.07 Å². The van der Waals surface area contributed by atoms with Gasteiger partial charge in [-0.05, 0) is 18.2 Å². The van der Waals surface area contributed by atoms with Crippen molar-refractivity contribution in [3.8, 4) is 11.8 Å². The first kappa shape index (κ1) is 13.5. The van der Waals surface area contributed by atoms with Gasteiger partial charge in [0.2, 0.25) is 0 Å². The number of hydrogen-bond donors (Lipinski definition) is 3. The van der Waals surface area contributed by atoms with Crippen LogP contribution in [0.25, 0.3) is 0 Å². The molecule has 2 rings (SSSR count). The Balaban J connectivity index is 2.23. The molecule has 1 heterocycles. The number of H-pyrrole nitrogens is 1. The van der Waals surface area contributed by atoms with Gasteiger partial charge in [-0.25, -0.2) is 5.10 Å². The summed E-state index contributed by atoms with van der Waals surface area (Å²) >= 11 is 0. The molecule has 0 unspecified atom stereocenters. The minimum Gasteiger partial charge on any atom is -0.320 e. The molecule has 0 bridgehead atoms. The summed E-state index contributed by atoms with van der Waals surface area (Å²) in [6, 6.07) is 9.69. The molecule has 1 amide bonds. The summed E-state index contributed by atoms with van der Waals surface area (Å²) < 4.78 is 0. The molecule has 1 aromatic carbocycles. The lowest BCUT2D eigenvalue weighted by Crippen LogP contribution is -2.18. The molecule has 20 heavy (non-hydrogen) atoms. The summed E-state index contributed by atoms with van der Waals surface area (Å²) in [6.45, 7) is 0.240. The summed E-state index contributed by atoms with van der Waals surface area (Å²) in [7, 11) is 0. The fourth-order valence-corrected chi connectivity index (χ4v) is 1.50. The Kier molecular flexibility index (Phi) is 4.27. The molecule has 4 N–H and O–H groups in total. The second-order valence-corrected chi connectivity index (χ2v) is 3.81. The maximum Gasteiger partial charge on any atom is 0.276 e. The topological polar surface area (TPSA) is 101 Å². The van der Waals surface area contributed by atoms with Crippen LogP contribution in [0, 0.1) is 11.8 Å². The monoisotopic (exact) mass is 268 g/mol. The van der Waals surface area contributed by atoms with Crippen LogP contribution in [0.2, 0.25) is 0 Å². The zero-order valence-electron chi connectivity index (χ0n) is 10.5. The van der Waals surface area contributed by atoms with Crippen molar-refractivity contribution >= 4 is 11.6 Å². The predicted molar refractivity (Wildman–Crippen MR) is 75.2 cm³/mol. The summed E-state index contributed by atoms with van der Waals surface area (Å²) in [5, 5.41) is 8.55. The summed E-state index contributed by atoms with van der Waals surface area (Å²) in [4.78, 5) is 22.9. The smallest absolute Gasteiger partial charge is 0.276 e. The normalized spacial score (nSPS) is 9.45. The Labute approximate surface area is 115 Å². The predicted octanol–water partition coefficient (Wildman–Crippen LogP) is 0.332. The molecule has 0 spiro atoms. The van der Waals surface area contributed by atoms with Crippen LogP contribution in [0.5, 0.6) is 0 Å². The molecule has 6 nitrogen and oxygen atoms in total. The van der Waals surface area contributed by atoms with Gasteiger partial charge in [0.1, 0.15) is 5.69 Å². The van der Waals surface area contributed by atoms with Crippen LogP contribution in [0.3, 0.4) is 0 Å². The minimum absolute atomic E-state index is 0.117. The largest absolute Gasteiger partial charge is 0.320 e. The van der Waals surface area contributed by atoms with Gasteiger partial charge >= 0.3 is 0 Å². The van der Waals surface area contributed by atoms with Crippen molar-refractivity contribution in [1.82, 2.24) is 10.2 Å². The van der Waals surface area contributed by atoms with E-state index in [0.29, 0.717) is 11.3 Å². The molecule has 0 radical (unpaired) electrons. The van der Waals surface area contributed by atoms with Gasteiger partial charge < -0.3 is 11.1 Å². The molecule has 0 aliphatic rings. The van der Waals surface area contributed by atoms with Gasteiger partial charge in [-0.2, -0.15) is 5.10 Å². The molecular formula is C14H12N4O2.